The van der Waals surface area contributed by atoms with Gasteiger partial charge in [-0.2, -0.15) is 0 Å². The largest absolute Gasteiger partial charge is 0.392 e. The first-order chi connectivity index (χ1) is 14.0. The van der Waals surface area contributed by atoms with Crippen LogP contribution in [0.3, 0.4) is 0 Å². The van der Waals surface area contributed by atoms with Crippen molar-refractivity contribution in [2.45, 2.75) is 66.0 Å². The van der Waals surface area contributed by atoms with E-state index in [9.17, 15) is 20.4 Å². The van der Waals surface area contributed by atoms with Gasteiger partial charge in [0.2, 0.25) is 0 Å². The number of aliphatic hydroxyl groups is 4. The molecular formula is C22H48N2O6. The van der Waals surface area contributed by atoms with E-state index in [0.29, 0.717) is 65.7 Å². The first-order valence-electron chi connectivity index (χ1n) is 11.3. The second-order valence-electron chi connectivity index (χ2n) is 9.06. The van der Waals surface area contributed by atoms with Crippen molar-refractivity contribution >= 4 is 0 Å². The van der Waals surface area contributed by atoms with Crippen LogP contribution in [-0.2, 0) is 9.47 Å². The summed E-state index contributed by atoms with van der Waals surface area (Å²) in [7, 11) is 0. The third kappa shape index (κ3) is 16.4. The highest BCUT2D eigenvalue weighted by atomic mass is 16.5. The number of nitrogens with zero attached hydrogens (tertiary/aromatic N) is 2. The Morgan fingerprint density at radius 2 is 0.867 bits per heavy atom. The standard InChI is InChI=1S/C22H48N2O6/c1-17(2)21(27)15-24(16-22(28)18(3)4)8-10-30-12-11-29-9-7-23(13-19(5)25)14-20(6)26/h17-22,25-28H,7-16H2,1-6H3. The number of hydrogen-bond donors (Lipinski definition) is 4. The van der Waals surface area contributed by atoms with Gasteiger partial charge in [0.25, 0.3) is 0 Å². The van der Waals surface area contributed by atoms with Gasteiger partial charge in [0, 0.05) is 39.3 Å². The Morgan fingerprint density at radius 3 is 1.17 bits per heavy atom. The van der Waals surface area contributed by atoms with Gasteiger partial charge in [-0.05, 0) is 25.7 Å². The molecule has 0 saturated heterocycles. The average Bonchev–Trinajstić information content (AvgIpc) is 2.62. The highest BCUT2D eigenvalue weighted by molar-refractivity contribution is 4.72. The average molecular weight is 437 g/mol. The summed E-state index contributed by atoms with van der Waals surface area (Å²) in [5.41, 5.74) is 0. The monoisotopic (exact) mass is 436 g/mol. The van der Waals surface area contributed by atoms with Crippen LogP contribution >= 0.6 is 0 Å². The van der Waals surface area contributed by atoms with E-state index in [1.807, 2.05) is 32.6 Å². The lowest BCUT2D eigenvalue weighted by Crippen LogP contribution is -2.42. The van der Waals surface area contributed by atoms with Gasteiger partial charge in [-0.15, -0.1) is 0 Å². The SMILES string of the molecule is CC(O)CN(CCOCCOCCN(CC(O)C(C)C)CC(O)C(C)C)CC(C)O. The van der Waals surface area contributed by atoms with Gasteiger partial charge < -0.3 is 29.9 Å². The van der Waals surface area contributed by atoms with Crippen LogP contribution in [0, 0.1) is 11.8 Å². The van der Waals surface area contributed by atoms with Crippen molar-refractivity contribution < 1.29 is 29.9 Å². The molecule has 0 aliphatic rings. The Bertz CT molecular complexity index is 370. The van der Waals surface area contributed by atoms with Crippen molar-refractivity contribution in [2.75, 3.05) is 65.7 Å². The van der Waals surface area contributed by atoms with E-state index in [4.69, 9.17) is 9.47 Å². The van der Waals surface area contributed by atoms with E-state index in [2.05, 4.69) is 4.90 Å². The van der Waals surface area contributed by atoms with Crippen molar-refractivity contribution in [3.63, 3.8) is 0 Å². The molecule has 0 aliphatic heterocycles. The van der Waals surface area contributed by atoms with E-state index >= 15 is 0 Å². The Kier molecular flexibility index (Phi) is 17.1. The Hall–Kier alpha value is -0.320. The zero-order chi connectivity index (χ0) is 23.1. The minimum Gasteiger partial charge on any atom is -0.392 e. The third-order valence-corrected chi connectivity index (χ3v) is 4.95. The molecule has 0 rings (SSSR count). The number of ether oxygens (including phenoxy) is 2. The zero-order valence-corrected chi connectivity index (χ0v) is 20.0. The fourth-order valence-corrected chi connectivity index (χ4v) is 2.92. The van der Waals surface area contributed by atoms with Crippen LogP contribution in [0.2, 0.25) is 0 Å². The summed E-state index contributed by atoms with van der Waals surface area (Å²) in [6.45, 7) is 16.7. The van der Waals surface area contributed by atoms with E-state index in [0.717, 1.165) is 0 Å². The maximum Gasteiger partial charge on any atom is 0.0701 e. The van der Waals surface area contributed by atoms with Crippen LogP contribution in [0.5, 0.6) is 0 Å². The molecule has 4 atom stereocenters. The predicted molar refractivity (Wildman–Crippen MR) is 120 cm³/mol. The molecule has 4 unspecified atom stereocenters. The van der Waals surface area contributed by atoms with Gasteiger partial charge in [0.1, 0.15) is 0 Å². The maximum atomic E-state index is 10.2. The van der Waals surface area contributed by atoms with E-state index in [1.54, 1.807) is 13.8 Å². The molecular weight excluding hydrogens is 388 g/mol. The molecule has 0 heterocycles. The van der Waals surface area contributed by atoms with Crippen LogP contribution in [0.1, 0.15) is 41.5 Å². The summed E-state index contributed by atoms with van der Waals surface area (Å²) in [4.78, 5) is 4.04. The first kappa shape index (κ1) is 29.7. The summed E-state index contributed by atoms with van der Waals surface area (Å²) < 4.78 is 11.3. The highest BCUT2D eigenvalue weighted by Gasteiger charge is 2.19. The zero-order valence-electron chi connectivity index (χ0n) is 20.0. The molecule has 0 aromatic carbocycles. The molecule has 0 saturated carbocycles. The van der Waals surface area contributed by atoms with Gasteiger partial charge in [0.05, 0.1) is 50.8 Å². The minimum absolute atomic E-state index is 0.167. The van der Waals surface area contributed by atoms with Crippen molar-refractivity contribution in [1.82, 2.24) is 9.80 Å². The maximum absolute atomic E-state index is 10.2. The summed E-state index contributed by atoms with van der Waals surface area (Å²) in [5.74, 6) is 0.334. The van der Waals surface area contributed by atoms with Crippen molar-refractivity contribution in [3.05, 3.63) is 0 Å². The van der Waals surface area contributed by atoms with E-state index < -0.39 is 24.4 Å². The summed E-state index contributed by atoms with van der Waals surface area (Å²) in [5, 5.41) is 39.4. The van der Waals surface area contributed by atoms with E-state index in [1.165, 1.54) is 0 Å². The molecule has 0 bridgehead atoms. The molecule has 0 aliphatic carbocycles. The molecule has 0 radical (unpaired) electrons. The fraction of sp³-hybridized carbons (Fsp3) is 1.00. The highest BCUT2D eigenvalue weighted by Crippen LogP contribution is 2.08. The van der Waals surface area contributed by atoms with Crippen molar-refractivity contribution in [3.8, 4) is 0 Å². The van der Waals surface area contributed by atoms with Crippen LogP contribution in [0.15, 0.2) is 0 Å². The lowest BCUT2D eigenvalue weighted by molar-refractivity contribution is 0.00240. The third-order valence-electron chi connectivity index (χ3n) is 4.95. The van der Waals surface area contributed by atoms with Gasteiger partial charge in [-0.25, -0.2) is 0 Å². The lowest BCUT2D eigenvalue weighted by atomic mass is 10.0. The van der Waals surface area contributed by atoms with Crippen LogP contribution in [0.4, 0.5) is 0 Å². The quantitative estimate of drug-likeness (QED) is 0.216. The van der Waals surface area contributed by atoms with Crippen LogP contribution < -0.4 is 0 Å². The number of aliphatic hydroxyl groups excluding tert-OH is 4. The second kappa shape index (κ2) is 17.3. The normalized spacial score (nSPS) is 16.6. The molecule has 30 heavy (non-hydrogen) atoms. The van der Waals surface area contributed by atoms with Gasteiger partial charge >= 0.3 is 0 Å². The lowest BCUT2D eigenvalue weighted by Gasteiger charge is -2.29. The second-order valence-corrected chi connectivity index (χ2v) is 9.06. The van der Waals surface area contributed by atoms with Gasteiger partial charge in [0.15, 0.2) is 0 Å². The molecule has 182 valence electrons. The molecule has 0 spiro atoms. The molecule has 8 heteroatoms. The number of rotatable bonds is 19. The Labute approximate surface area is 183 Å². The molecule has 0 aromatic rings. The van der Waals surface area contributed by atoms with Crippen LogP contribution in [0.25, 0.3) is 0 Å². The molecule has 0 aromatic heterocycles. The van der Waals surface area contributed by atoms with Gasteiger partial charge in [-0.1, -0.05) is 27.7 Å². The summed E-state index contributed by atoms with van der Waals surface area (Å²) in [6.07, 6.45) is -1.75. The Morgan fingerprint density at radius 1 is 0.533 bits per heavy atom. The van der Waals surface area contributed by atoms with Crippen LogP contribution in [-0.4, -0.2) is 120 Å². The fourth-order valence-electron chi connectivity index (χ4n) is 2.92. The van der Waals surface area contributed by atoms with Gasteiger partial charge in [-0.3, -0.25) is 9.80 Å². The molecule has 8 nitrogen and oxygen atoms in total. The van der Waals surface area contributed by atoms with Crippen molar-refractivity contribution in [1.29, 1.82) is 0 Å². The predicted octanol–water partition coefficient (Wildman–Crippen LogP) is 0.419. The molecule has 0 amide bonds. The number of hydrogen-bond acceptors (Lipinski definition) is 8. The van der Waals surface area contributed by atoms with Crippen molar-refractivity contribution in [2.24, 2.45) is 11.8 Å². The Balaban J connectivity index is 4.08. The summed E-state index contributed by atoms with van der Waals surface area (Å²) >= 11 is 0. The minimum atomic E-state index is -0.446. The first-order valence-corrected chi connectivity index (χ1v) is 11.3. The molecule has 4 N–H and O–H groups in total. The smallest absolute Gasteiger partial charge is 0.0701 e. The topological polar surface area (TPSA) is 106 Å². The van der Waals surface area contributed by atoms with E-state index in [-0.39, 0.29) is 11.8 Å². The molecule has 0 fully saturated rings. The summed E-state index contributed by atoms with van der Waals surface area (Å²) in [6, 6.07) is 0.